The Kier molecular flexibility index (Phi) is 9.00. The van der Waals surface area contributed by atoms with Gasteiger partial charge < -0.3 is 19.2 Å². The van der Waals surface area contributed by atoms with Crippen LogP contribution in [0.1, 0.15) is 54.6 Å². The lowest BCUT2D eigenvalue weighted by atomic mass is 9.98. The molecule has 2 aromatic carbocycles. The van der Waals surface area contributed by atoms with Gasteiger partial charge in [0, 0.05) is 0 Å². The number of ketones is 1. The fourth-order valence-electron chi connectivity index (χ4n) is 3.31. The first-order chi connectivity index (χ1) is 14.8. The highest BCUT2D eigenvalue weighted by atomic mass is 19.1. The number of hydrogen-bond donors (Lipinski definition) is 1. The lowest BCUT2D eigenvalue weighted by Gasteiger charge is -2.18. The van der Waals surface area contributed by atoms with Crippen LogP contribution in [0.25, 0.3) is 11.1 Å². The first kappa shape index (κ1) is 24.3. The Morgan fingerprint density at radius 1 is 1.19 bits per heavy atom. The number of rotatable bonds is 8. The van der Waals surface area contributed by atoms with Crippen molar-refractivity contribution in [3.05, 3.63) is 53.2 Å². The highest BCUT2D eigenvalue weighted by molar-refractivity contribution is 6.04. The summed E-state index contributed by atoms with van der Waals surface area (Å²) < 4.78 is 30.5. The zero-order valence-corrected chi connectivity index (χ0v) is 19.0. The Hall–Kier alpha value is -2.93. The van der Waals surface area contributed by atoms with Crippen molar-refractivity contribution in [2.75, 3.05) is 27.3 Å². The van der Waals surface area contributed by atoms with Gasteiger partial charge in [-0.05, 0) is 70.5 Å². The van der Waals surface area contributed by atoms with Gasteiger partial charge in [-0.2, -0.15) is 0 Å². The van der Waals surface area contributed by atoms with Crippen LogP contribution in [0.4, 0.5) is 4.39 Å². The summed E-state index contributed by atoms with van der Waals surface area (Å²) in [6, 6.07) is 6.47. The minimum Gasteiger partial charge on any atom is -0.489 e. The molecule has 6 nitrogen and oxygen atoms in total. The zero-order chi connectivity index (χ0) is 23.0. The van der Waals surface area contributed by atoms with E-state index in [1.165, 1.54) is 25.5 Å². The Morgan fingerprint density at radius 3 is 2.42 bits per heavy atom. The van der Waals surface area contributed by atoms with Crippen molar-refractivity contribution < 1.29 is 23.1 Å². The van der Waals surface area contributed by atoms with E-state index in [2.05, 4.69) is 17.2 Å². The van der Waals surface area contributed by atoms with E-state index in [0.717, 1.165) is 5.56 Å². The monoisotopic (exact) mass is 430 g/mol. The van der Waals surface area contributed by atoms with Crippen LogP contribution >= 0.6 is 0 Å². The molecule has 0 radical (unpaired) electrons. The third-order valence-electron chi connectivity index (χ3n) is 4.81. The van der Waals surface area contributed by atoms with Crippen LogP contribution in [0.15, 0.2) is 35.1 Å². The summed E-state index contributed by atoms with van der Waals surface area (Å²) in [7, 11) is 3.75. The number of halogens is 1. The van der Waals surface area contributed by atoms with Gasteiger partial charge in [-0.3, -0.25) is 4.79 Å². The molecule has 0 aliphatic rings. The van der Waals surface area contributed by atoms with Crippen LogP contribution in [-0.4, -0.2) is 38.1 Å². The van der Waals surface area contributed by atoms with Crippen LogP contribution in [0.3, 0.4) is 0 Å². The number of oxazole rings is 1. The van der Waals surface area contributed by atoms with E-state index in [1.54, 1.807) is 12.1 Å². The fraction of sp³-hybridized carbons (Fsp3) is 0.417. The summed E-state index contributed by atoms with van der Waals surface area (Å²) >= 11 is 0. The third kappa shape index (κ3) is 5.82. The van der Waals surface area contributed by atoms with Crippen LogP contribution in [-0.2, 0) is 0 Å². The highest BCUT2D eigenvalue weighted by Crippen LogP contribution is 2.42. The molecule has 0 spiro atoms. The Bertz CT molecular complexity index is 999. The maximum Gasteiger partial charge on any atom is 0.207 e. The average Bonchev–Trinajstić information content (AvgIpc) is 3.21. The lowest BCUT2D eigenvalue weighted by Crippen LogP contribution is -2.09. The van der Waals surface area contributed by atoms with E-state index in [0.29, 0.717) is 53.4 Å². The molecule has 0 aliphatic carbocycles. The van der Waals surface area contributed by atoms with Crippen molar-refractivity contribution in [2.24, 2.45) is 0 Å². The van der Waals surface area contributed by atoms with Crippen molar-refractivity contribution in [1.29, 1.82) is 0 Å². The number of nitrogens with one attached hydrogen (secondary N) is 1. The molecule has 31 heavy (non-hydrogen) atoms. The second-order valence-electron chi connectivity index (χ2n) is 7.27. The number of Topliss-reactive ketones (excluding diaryl/α,β-unsaturated/α-hetero) is 1. The zero-order valence-electron chi connectivity index (χ0n) is 19.0. The lowest BCUT2D eigenvalue weighted by molar-refractivity contribution is 0.101. The van der Waals surface area contributed by atoms with Crippen LogP contribution < -0.4 is 14.8 Å². The molecule has 1 heterocycles. The van der Waals surface area contributed by atoms with Crippen molar-refractivity contribution in [3.8, 4) is 11.5 Å². The molecule has 7 heteroatoms. The Labute approximate surface area is 182 Å². The number of ether oxygens (including phenoxy) is 2. The van der Waals surface area contributed by atoms with Gasteiger partial charge in [-0.15, -0.1) is 0 Å². The molecule has 1 aromatic heterocycles. The molecule has 1 unspecified atom stereocenters. The molecular weight excluding hydrogens is 399 g/mol. The number of nitrogens with zero attached hydrogens (tertiary/aromatic N) is 1. The van der Waals surface area contributed by atoms with Gasteiger partial charge in [0.15, 0.2) is 17.9 Å². The molecule has 0 saturated heterocycles. The molecule has 1 atom stereocenters. The van der Waals surface area contributed by atoms with Crippen molar-refractivity contribution in [2.45, 2.75) is 40.0 Å². The average molecular weight is 431 g/mol. The molecule has 1 N–H and O–H groups in total. The number of hydrogen-bond acceptors (Lipinski definition) is 6. The molecule has 0 amide bonds. The van der Waals surface area contributed by atoms with Crippen molar-refractivity contribution >= 4 is 16.9 Å². The minimum atomic E-state index is -0.252. The summed E-state index contributed by atoms with van der Waals surface area (Å²) in [5.74, 6) is 0.606. The normalized spacial score (nSPS) is 11.6. The molecule has 3 rings (SSSR count). The van der Waals surface area contributed by atoms with E-state index in [-0.39, 0.29) is 17.5 Å². The first-order valence-corrected chi connectivity index (χ1v) is 10.4. The number of fused-ring (bicyclic) bond motifs is 1. The summed E-state index contributed by atoms with van der Waals surface area (Å²) in [6.45, 7) is 8.00. The maximum atomic E-state index is 13.1. The second kappa shape index (κ2) is 11.5. The molecule has 0 aliphatic heterocycles. The van der Waals surface area contributed by atoms with E-state index in [9.17, 15) is 9.18 Å². The van der Waals surface area contributed by atoms with Gasteiger partial charge in [0.1, 0.15) is 11.3 Å². The summed E-state index contributed by atoms with van der Waals surface area (Å²) in [5, 5.41) is 2.75. The van der Waals surface area contributed by atoms with Gasteiger partial charge in [0.25, 0.3) is 0 Å². The number of carbonyl (C=O) groups excluding carboxylic acids is 1. The summed E-state index contributed by atoms with van der Waals surface area (Å²) in [4.78, 5) is 16.5. The Morgan fingerprint density at radius 2 is 1.84 bits per heavy atom. The van der Waals surface area contributed by atoms with Crippen LogP contribution in [0.5, 0.6) is 11.5 Å². The summed E-state index contributed by atoms with van der Waals surface area (Å²) in [5.41, 5.74) is 3.28. The predicted octanol–water partition coefficient (Wildman–Crippen LogP) is 5.28. The quantitative estimate of drug-likeness (QED) is 0.490. The molecule has 168 valence electrons. The van der Waals surface area contributed by atoms with Crippen LogP contribution in [0, 0.1) is 12.7 Å². The number of benzene rings is 2. The van der Waals surface area contributed by atoms with E-state index < -0.39 is 0 Å². The largest absolute Gasteiger partial charge is 0.489 e. The van der Waals surface area contributed by atoms with Crippen molar-refractivity contribution in [1.82, 2.24) is 10.3 Å². The standard InChI is InChI=1S/C22H24FNO4.C2H7N/c1-5-26-20-18(15(4)25)14(3)19-21(28-12-24-19)22(20)27-11-10-13(2)16-6-8-17(23)9-7-16;1-3-2/h6-9,12-13H,5,10-11H2,1-4H3;3H,1-2H3. The van der Waals surface area contributed by atoms with Crippen molar-refractivity contribution in [3.63, 3.8) is 0 Å². The Balaban J connectivity index is 0.00000107. The minimum absolute atomic E-state index is 0.115. The number of carbonyl (C=O) groups is 1. The number of aryl methyl sites for hydroxylation is 1. The van der Waals surface area contributed by atoms with E-state index >= 15 is 0 Å². The molecular formula is C24H31FN2O4. The SMILES string of the molecule is CCOc1c(C(C)=O)c(C)c2ncoc2c1OCCC(C)c1ccc(F)cc1.CNC. The second-order valence-corrected chi connectivity index (χ2v) is 7.27. The first-order valence-electron chi connectivity index (χ1n) is 10.4. The molecule has 0 bridgehead atoms. The third-order valence-corrected chi connectivity index (χ3v) is 4.81. The van der Waals surface area contributed by atoms with Crippen LogP contribution in [0.2, 0.25) is 0 Å². The highest BCUT2D eigenvalue weighted by Gasteiger charge is 2.25. The molecule has 0 saturated carbocycles. The maximum absolute atomic E-state index is 13.1. The predicted molar refractivity (Wildman–Crippen MR) is 120 cm³/mol. The molecule has 0 fully saturated rings. The fourth-order valence-corrected chi connectivity index (χ4v) is 3.31. The summed E-state index contributed by atoms with van der Waals surface area (Å²) in [6.07, 6.45) is 2.04. The molecule has 3 aromatic rings. The smallest absolute Gasteiger partial charge is 0.207 e. The van der Waals surface area contributed by atoms with Gasteiger partial charge in [-0.25, -0.2) is 9.37 Å². The van der Waals surface area contributed by atoms with Gasteiger partial charge in [0.2, 0.25) is 11.3 Å². The topological polar surface area (TPSA) is 73.6 Å². The van der Waals surface area contributed by atoms with Gasteiger partial charge >= 0.3 is 0 Å². The van der Waals surface area contributed by atoms with E-state index in [1.807, 2.05) is 27.9 Å². The van der Waals surface area contributed by atoms with Gasteiger partial charge in [0.05, 0.1) is 18.8 Å². The van der Waals surface area contributed by atoms with E-state index in [4.69, 9.17) is 13.9 Å². The van der Waals surface area contributed by atoms with Gasteiger partial charge in [-0.1, -0.05) is 19.1 Å². The number of aromatic nitrogens is 1.